The van der Waals surface area contributed by atoms with E-state index in [1.54, 1.807) is 72.8 Å². The predicted octanol–water partition coefficient (Wildman–Crippen LogP) is 6.86. The SMILES string of the molecule is CCCCCCCCOc1ccc(C(=O)Oc2ccc(OC(=O)c3ccccc3)cc2)cc1. The van der Waals surface area contributed by atoms with Gasteiger partial charge < -0.3 is 14.2 Å². The molecule has 0 atom stereocenters. The van der Waals surface area contributed by atoms with Gasteiger partial charge in [0.25, 0.3) is 0 Å². The van der Waals surface area contributed by atoms with Crippen molar-refractivity contribution in [3.8, 4) is 17.2 Å². The molecule has 0 aromatic heterocycles. The Kier molecular flexibility index (Phi) is 9.52. The van der Waals surface area contributed by atoms with Crippen LogP contribution < -0.4 is 14.2 Å². The Balaban J connectivity index is 1.43. The number of esters is 2. The van der Waals surface area contributed by atoms with Crippen molar-refractivity contribution in [1.29, 1.82) is 0 Å². The van der Waals surface area contributed by atoms with Gasteiger partial charge in [-0.3, -0.25) is 0 Å². The number of unbranched alkanes of at least 4 members (excludes halogenated alkanes) is 5. The van der Waals surface area contributed by atoms with E-state index >= 15 is 0 Å². The summed E-state index contributed by atoms with van der Waals surface area (Å²) in [6.07, 6.45) is 7.29. The van der Waals surface area contributed by atoms with Crippen molar-refractivity contribution in [3.05, 3.63) is 90.0 Å². The van der Waals surface area contributed by atoms with Crippen molar-refractivity contribution < 1.29 is 23.8 Å². The lowest BCUT2D eigenvalue weighted by Crippen LogP contribution is -2.09. The normalized spacial score (nSPS) is 10.5. The van der Waals surface area contributed by atoms with Crippen molar-refractivity contribution in [2.24, 2.45) is 0 Å². The lowest BCUT2D eigenvalue weighted by atomic mass is 10.1. The molecule has 0 aliphatic rings. The Morgan fingerprint density at radius 3 is 1.64 bits per heavy atom. The maximum absolute atomic E-state index is 12.4. The summed E-state index contributed by atoms with van der Waals surface area (Å²) in [5, 5.41) is 0. The molecule has 0 bridgehead atoms. The first kappa shape index (κ1) is 24.1. The number of hydrogen-bond acceptors (Lipinski definition) is 5. The van der Waals surface area contributed by atoms with Crippen LogP contribution in [0.4, 0.5) is 0 Å². The summed E-state index contributed by atoms with van der Waals surface area (Å²) in [7, 11) is 0. The van der Waals surface area contributed by atoms with E-state index in [0.29, 0.717) is 29.2 Å². The van der Waals surface area contributed by atoms with Gasteiger partial charge in [0, 0.05) is 0 Å². The summed E-state index contributed by atoms with van der Waals surface area (Å²) >= 11 is 0. The summed E-state index contributed by atoms with van der Waals surface area (Å²) in [5.74, 6) is 0.564. The van der Waals surface area contributed by atoms with E-state index in [1.165, 1.54) is 32.1 Å². The molecule has 0 amide bonds. The third kappa shape index (κ3) is 8.11. The van der Waals surface area contributed by atoms with Gasteiger partial charge in [0.2, 0.25) is 0 Å². The molecule has 5 nitrogen and oxygen atoms in total. The third-order valence-corrected chi connectivity index (χ3v) is 5.11. The van der Waals surface area contributed by atoms with Gasteiger partial charge in [-0.15, -0.1) is 0 Å². The van der Waals surface area contributed by atoms with Crippen LogP contribution in [0.25, 0.3) is 0 Å². The topological polar surface area (TPSA) is 61.8 Å². The van der Waals surface area contributed by atoms with Gasteiger partial charge in [-0.2, -0.15) is 0 Å². The molecule has 0 unspecified atom stereocenters. The summed E-state index contributed by atoms with van der Waals surface area (Å²) in [5.41, 5.74) is 0.897. The van der Waals surface area contributed by atoms with Crippen LogP contribution in [0.5, 0.6) is 17.2 Å². The zero-order valence-corrected chi connectivity index (χ0v) is 19.0. The van der Waals surface area contributed by atoms with Crippen molar-refractivity contribution in [2.45, 2.75) is 45.4 Å². The third-order valence-electron chi connectivity index (χ3n) is 5.11. The molecule has 0 spiro atoms. The lowest BCUT2D eigenvalue weighted by Gasteiger charge is -2.08. The monoisotopic (exact) mass is 446 g/mol. The summed E-state index contributed by atoms with van der Waals surface area (Å²) in [6, 6.07) is 22.0. The fraction of sp³-hybridized carbons (Fsp3) is 0.286. The van der Waals surface area contributed by atoms with Crippen LogP contribution in [0.15, 0.2) is 78.9 Å². The Morgan fingerprint density at radius 1 is 0.576 bits per heavy atom. The highest BCUT2D eigenvalue weighted by Crippen LogP contribution is 2.21. The van der Waals surface area contributed by atoms with Crippen molar-refractivity contribution >= 4 is 11.9 Å². The van der Waals surface area contributed by atoms with Crippen molar-refractivity contribution in [3.63, 3.8) is 0 Å². The molecule has 3 rings (SSSR count). The maximum Gasteiger partial charge on any atom is 0.343 e. The fourth-order valence-corrected chi connectivity index (χ4v) is 3.24. The van der Waals surface area contributed by atoms with Crippen LogP contribution in [-0.2, 0) is 0 Å². The molecule has 0 aliphatic carbocycles. The first-order valence-electron chi connectivity index (χ1n) is 11.5. The highest BCUT2D eigenvalue weighted by Gasteiger charge is 2.11. The highest BCUT2D eigenvalue weighted by molar-refractivity contribution is 5.92. The second kappa shape index (κ2) is 13.1. The molecule has 0 radical (unpaired) electrons. The smallest absolute Gasteiger partial charge is 0.343 e. The second-order valence-electron chi connectivity index (χ2n) is 7.76. The number of benzene rings is 3. The molecule has 3 aromatic carbocycles. The quantitative estimate of drug-likeness (QED) is 0.173. The Morgan fingerprint density at radius 2 is 1.06 bits per heavy atom. The van der Waals surface area contributed by atoms with Crippen molar-refractivity contribution in [2.75, 3.05) is 6.61 Å². The summed E-state index contributed by atoms with van der Waals surface area (Å²) < 4.78 is 16.5. The van der Waals surface area contributed by atoms with Crippen LogP contribution in [0.1, 0.15) is 66.2 Å². The Bertz CT molecular complexity index is 995. The molecule has 172 valence electrons. The molecule has 0 aliphatic heterocycles. The molecule has 0 fully saturated rings. The average Bonchev–Trinajstić information content (AvgIpc) is 2.85. The first-order chi connectivity index (χ1) is 16.2. The molecule has 0 N–H and O–H groups in total. The fourth-order valence-electron chi connectivity index (χ4n) is 3.24. The van der Waals surface area contributed by atoms with Crippen LogP contribution in [0, 0.1) is 0 Å². The van der Waals surface area contributed by atoms with Gasteiger partial charge in [0.1, 0.15) is 17.2 Å². The summed E-state index contributed by atoms with van der Waals surface area (Å²) in [4.78, 5) is 24.5. The molecule has 3 aromatic rings. The van der Waals surface area contributed by atoms with Gasteiger partial charge in [-0.25, -0.2) is 9.59 Å². The van der Waals surface area contributed by atoms with E-state index in [4.69, 9.17) is 14.2 Å². The van der Waals surface area contributed by atoms with Crippen LogP contribution in [0.2, 0.25) is 0 Å². The van der Waals surface area contributed by atoms with E-state index in [9.17, 15) is 9.59 Å². The Labute approximate surface area is 195 Å². The number of carbonyl (C=O) groups is 2. The molecule has 33 heavy (non-hydrogen) atoms. The van der Waals surface area contributed by atoms with Crippen molar-refractivity contribution in [1.82, 2.24) is 0 Å². The minimum Gasteiger partial charge on any atom is -0.494 e. The number of carbonyl (C=O) groups excluding carboxylic acids is 2. The molecular formula is C28H30O5. The predicted molar refractivity (Wildman–Crippen MR) is 128 cm³/mol. The van der Waals surface area contributed by atoms with Gasteiger partial charge in [-0.05, 0) is 67.1 Å². The van der Waals surface area contributed by atoms with Crippen LogP contribution in [-0.4, -0.2) is 18.5 Å². The Hall–Kier alpha value is -3.60. The molecule has 0 saturated carbocycles. The van der Waals surface area contributed by atoms with Crippen LogP contribution >= 0.6 is 0 Å². The second-order valence-corrected chi connectivity index (χ2v) is 7.76. The zero-order chi connectivity index (χ0) is 23.3. The number of ether oxygens (including phenoxy) is 3. The minimum atomic E-state index is -0.466. The number of hydrogen-bond donors (Lipinski definition) is 0. The standard InChI is InChI=1S/C28H30O5/c1-2-3-4-5-6-10-21-31-24-15-13-23(14-16-24)28(30)33-26-19-17-25(18-20-26)32-27(29)22-11-8-7-9-12-22/h7-9,11-20H,2-6,10,21H2,1H3. The average molecular weight is 447 g/mol. The van der Waals surface area contributed by atoms with E-state index < -0.39 is 11.9 Å². The minimum absolute atomic E-state index is 0.364. The molecule has 5 heteroatoms. The molecule has 0 heterocycles. The van der Waals surface area contributed by atoms with E-state index in [1.807, 2.05) is 6.07 Å². The van der Waals surface area contributed by atoms with Gasteiger partial charge >= 0.3 is 11.9 Å². The van der Waals surface area contributed by atoms with E-state index in [0.717, 1.165) is 12.2 Å². The molecule has 0 saturated heterocycles. The largest absolute Gasteiger partial charge is 0.494 e. The van der Waals surface area contributed by atoms with E-state index in [-0.39, 0.29) is 0 Å². The van der Waals surface area contributed by atoms with Gasteiger partial charge in [0.15, 0.2) is 0 Å². The van der Waals surface area contributed by atoms with Crippen LogP contribution in [0.3, 0.4) is 0 Å². The molecular weight excluding hydrogens is 416 g/mol. The summed E-state index contributed by atoms with van der Waals surface area (Å²) in [6.45, 7) is 2.89. The lowest BCUT2D eigenvalue weighted by molar-refractivity contribution is 0.0719. The van der Waals surface area contributed by atoms with Gasteiger partial charge in [-0.1, -0.05) is 57.2 Å². The first-order valence-corrected chi connectivity index (χ1v) is 11.5. The maximum atomic E-state index is 12.4. The highest BCUT2D eigenvalue weighted by atomic mass is 16.5. The number of rotatable bonds is 12. The van der Waals surface area contributed by atoms with E-state index in [2.05, 4.69) is 6.92 Å². The zero-order valence-electron chi connectivity index (χ0n) is 19.0. The van der Waals surface area contributed by atoms with Gasteiger partial charge in [0.05, 0.1) is 17.7 Å².